The summed E-state index contributed by atoms with van der Waals surface area (Å²) in [6.07, 6.45) is 1.21. The first-order valence-corrected chi connectivity index (χ1v) is 8.09. The molecule has 0 aliphatic heterocycles. The third-order valence-electron chi connectivity index (χ3n) is 4.00. The molecule has 0 spiro atoms. The monoisotopic (exact) mass is 291 g/mol. The van der Waals surface area contributed by atoms with E-state index in [1.54, 1.807) is 0 Å². The number of hydrogen-bond acceptors (Lipinski definition) is 3. The van der Waals surface area contributed by atoms with Crippen molar-refractivity contribution in [2.75, 3.05) is 47.3 Å². The summed E-state index contributed by atoms with van der Waals surface area (Å²) in [6.45, 7) is 11.1. The second kappa shape index (κ2) is 9.19. The lowest BCUT2D eigenvalue weighted by atomic mass is 9.98. The van der Waals surface area contributed by atoms with Crippen LogP contribution in [-0.2, 0) is 0 Å². The third-order valence-corrected chi connectivity index (χ3v) is 4.00. The lowest BCUT2D eigenvalue weighted by molar-refractivity contribution is 0.221. The molecule has 0 fully saturated rings. The molecule has 21 heavy (non-hydrogen) atoms. The zero-order valence-corrected chi connectivity index (χ0v) is 14.7. The molecule has 1 unspecified atom stereocenters. The van der Waals surface area contributed by atoms with E-state index in [1.807, 2.05) is 0 Å². The Morgan fingerprint density at radius 3 is 2.38 bits per heavy atom. The molecule has 1 N–H and O–H groups in total. The topological polar surface area (TPSA) is 18.5 Å². The number of nitrogens with one attached hydrogen (secondary N) is 1. The molecule has 0 aromatic heterocycles. The molecule has 0 aliphatic carbocycles. The van der Waals surface area contributed by atoms with E-state index in [2.05, 4.69) is 75.2 Å². The molecule has 1 aromatic rings. The van der Waals surface area contributed by atoms with Crippen molar-refractivity contribution in [3.63, 3.8) is 0 Å². The van der Waals surface area contributed by atoms with Crippen LogP contribution in [0.25, 0.3) is 0 Å². The van der Waals surface area contributed by atoms with Crippen molar-refractivity contribution in [3.05, 3.63) is 34.9 Å². The van der Waals surface area contributed by atoms with Gasteiger partial charge in [-0.05, 0) is 59.1 Å². The molecular weight excluding hydrogens is 258 g/mol. The van der Waals surface area contributed by atoms with Crippen molar-refractivity contribution in [2.45, 2.75) is 33.2 Å². The summed E-state index contributed by atoms with van der Waals surface area (Å²) in [5, 5.41) is 3.51. The molecule has 0 saturated heterocycles. The molecule has 1 atom stereocenters. The zero-order chi connectivity index (χ0) is 15.8. The Bertz CT molecular complexity index is 415. The summed E-state index contributed by atoms with van der Waals surface area (Å²) in [6, 6.07) is 7.16. The number of hydrogen-bond donors (Lipinski definition) is 1. The third kappa shape index (κ3) is 6.16. The summed E-state index contributed by atoms with van der Waals surface area (Å²) in [7, 11) is 6.36. The van der Waals surface area contributed by atoms with E-state index in [4.69, 9.17) is 0 Å². The van der Waals surface area contributed by atoms with Gasteiger partial charge in [-0.25, -0.2) is 0 Å². The minimum Gasteiger partial charge on any atom is -0.312 e. The SMILES string of the molecule is CCCN(CCN(C)C)CC(NC)c1cc(C)ccc1C. The van der Waals surface area contributed by atoms with Gasteiger partial charge in [-0.1, -0.05) is 30.7 Å². The standard InChI is InChI=1S/C18H33N3/c1-7-10-21(12-11-20(5)6)14-18(19-4)17-13-15(2)8-9-16(17)3/h8-9,13,18-19H,7,10-12,14H2,1-6H3. The van der Waals surface area contributed by atoms with E-state index in [9.17, 15) is 0 Å². The van der Waals surface area contributed by atoms with E-state index < -0.39 is 0 Å². The number of likely N-dealkylation sites (N-methyl/N-ethyl adjacent to an activating group) is 2. The Balaban J connectivity index is 2.79. The number of rotatable bonds is 9. The van der Waals surface area contributed by atoms with E-state index >= 15 is 0 Å². The lowest BCUT2D eigenvalue weighted by Crippen LogP contribution is -2.38. The van der Waals surface area contributed by atoms with E-state index in [-0.39, 0.29) is 0 Å². The molecule has 0 radical (unpaired) electrons. The smallest absolute Gasteiger partial charge is 0.0449 e. The number of aryl methyl sites for hydroxylation is 2. The highest BCUT2D eigenvalue weighted by Gasteiger charge is 2.16. The lowest BCUT2D eigenvalue weighted by Gasteiger charge is -2.29. The summed E-state index contributed by atoms with van der Waals surface area (Å²) in [4.78, 5) is 4.83. The molecular formula is C18H33N3. The molecule has 0 bridgehead atoms. The zero-order valence-electron chi connectivity index (χ0n) is 14.7. The number of nitrogens with zero attached hydrogens (tertiary/aromatic N) is 2. The van der Waals surface area contributed by atoms with Crippen molar-refractivity contribution < 1.29 is 0 Å². The summed E-state index contributed by atoms with van der Waals surface area (Å²) in [5.41, 5.74) is 4.15. The fourth-order valence-corrected chi connectivity index (χ4v) is 2.69. The fraction of sp³-hybridized carbons (Fsp3) is 0.667. The highest BCUT2D eigenvalue weighted by molar-refractivity contribution is 5.33. The van der Waals surface area contributed by atoms with Crippen LogP contribution >= 0.6 is 0 Å². The van der Waals surface area contributed by atoms with Crippen molar-refractivity contribution >= 4 is 0 Å². The summed E-state index contributed by atoms with van der Waals surface area (Å²) >= 11 is 0. The van der Waals surface area contributed by atoms with Gasteiger partial charge in [0.15, 0.2) is 0 Å². The van der Waals surface area contributed by atoms with Crippen LogP contribution in [0, 0.1) is 13.8 Å². The Morgan fingerprint density at radius 2 is 1.81 bits per heavy atom. The van der Waals surface area contributed by atoms with Crippen LogP contribution in [-0.4, -0.2) is 57.1 Å². The first-order valence-electron chi connectivity index (χ1n) is 8.09. The van der Waals surface area contributed by atoms with Gasteiger partial charge in [-0.2, -0.15) is 0 Å². The Morgan fingerprint density at radius 1 is 1.10 bits per heavy atom. The van der Waals surface area contributed by atoms with E-state index in [1.165, 1.54) is 23.1 Å². The van der Waals surface area contributed by atoms with Crippen LogP contribution in [0.5, 0.6) is 0 Å². The van der Waals surface area contributed by atoms with E-state index in [0.29, 0.717) is 6.04 Å². The Hall–Kier alpha value is -0.900. The van der Waals surface area contributed by atoms with Crippen molar-refractivity contribution in [1.82, 2.24) is 15.1 Å². The molecule has 0 aliphatic rings. The molecule has 0 saturated carbocycles. The quantitative estimate of drug-likeness (QED) is 0.755. The van der Waals surface area contributed by atoms with Gasteiger partial charge in [0, 0.05) is 25.7 Å². The van der Waals surface area contributed by atoms with Gasteiger partial charge in [0.2, 0.25) is 0 Å². The molecule has 1 rings (SSSR count). The minimum absolute atomic E-state index is 0.401. The van der Waals surface area contributed by atoms with Crippen molar-refractivity contribution in [1.29, 1.82) is 0 Å². The Labute approximate surface area is 131 Å². The summed E-state index contributed by atoms with van der Waals surface area (Å²) in [5.74, 6) is 0. The predicted octanol–water partition coefficient (Wildman–Crippen LogP) is 2.84. The maximum absolute atomic E-state index is 3.51. The van der Waals surface area contributed by atoms with Crippen LogP contribution in [0.3, 0.4) is 0 Å². The molecule has 120 valence electrons. The minimum atomic E-state index is 0.401. The predicted molar refractivity (Wildman–Crippen MR) is 93.0 cm³/mol. The number of benzene rings is 1. The van der Waals surface area contributed by atoms with Crippen LogP contribution < -0.4 is 5.32 Å². The van der Waals surface area contributed by atoms with Gasteiger partial charge in [0.25, 0.3) is 0 Å². The molecule has 3 nitrogen and oxygen atoms in total. The van der Waals surface area contributed by atoms with Crippen LogP contribution in [0.15, 0.2) is 18.2 Å². The summed E-state index contributed by atoms with van der Waals surface area (Å²) < 4.78 is 0. The van der Waals surface area contributed by atoms with Gasteiger partial charge in [0.05, 0.1) is 0 Å². The average Bonchev–Trinajstić information content (AvgIpc) is 2.44. The van der Waals surface area contributed by atoms with Gasteiger partial charge in [0.1, 0.15) is 0 Å². The first-order chi connectivity index (χ1) is 9.97. The second-order valence-corrected chi connectivity index (χ2v) is 6.31. The van der Waals surface area contributed by atoms with Crippen molar-refractivity contribution in [3.8, 4) is 0 Å². The molecule has 3 heteroatoms. The van der Waals surface area contributed by atoms with Gasteiger partial charge in [-0.3, -0.25) is 0 Å². The van der Waals surface area contributed by atoms with Crippen LogP contribution in [0.4, 0.5) is 0 Å². The average molecular weight is 291 g/mol. The molecule has 1 aromatic carbocycles. The normalized spacial score (nSPS) is 13.1. The highest BCUT2D eigenvalue weighted by Crippen LogP contribution is 2.20. The van der Waals surface area contributed by atoms with Crippen LogP contribution in [0.2, 0.25) is 0 Å². The largest absolute Gasteiger partial charge is 0.312 e. The molecule has 0 heterocycles. The second-order valence-electron chi connectivity index (χ2n) is 6.31. The van der Waals surface area contributed by atoms with Gasteiger partial charge in [-0.15, -0.1) is 0 Å². The highest BCUT2D eigenvalue weighted by atomic mass is 15.2. The molecule has 0 amide bonds. The van der Waals surface area contributed by atoms with Crippen LogP contribution in [0.1, 0.15) is 36.1 Å². The van der Waals surface area contributed by atoms with Crippen molar-refractivity contribution in [2.24, 2.45) is 0 Å². The maximum atomic E-state index is 3.51. The maximum Gasteiger partial charge on any atom is 0.0449 e. The van der Waals surface area contributed by atoms with Gasteiger partial charge < -0.3 is 15.1 Å². The van der Waals surface area contributed by atoms with E-state index in [0.717, 1.165) is 26.2 Å². The fourth-order valence-electron chi connectivity index (χ4n) is 2.69. The Kier molecular flexibility index (Phi) is 7.94. The van der Waals surface area contributed by atoms with Gasteiger partial charge >= 0.3 is 0 Å². The first kappa shape index (κ1) is 18.1.